The number of halogens is 4. The number of hydrogen-bond acceptors (Lipinski definition) is 13. The van der Waals surface area contributed by atoms with Crippen LogP contribution in [0.15, 0.2) is 128 Å². The number of carboxylic acids is 1. The van der Waals surface area contributed by atoms with E-state index in [1.165, 1.54) is 35.3 Å². The van der Waals surface area contributed by atoms with E-state index in [0.29, 0.717) is 74.8 Å². The molecule has 91 heavy (non-hydrogen) atoms. The van der Waals surface area contributed by atoms with Gasteiger partial charge in [0.15, 0.2) is 10.3 Å². The predicted molar refractivity (Wildman–Crippen MR) is 368 cm³/mol. The molecule has 8 atom stereocenters. The van der Waals surface area contributed by atoms with Crippen LogP contribution in [0.2, 0.25) is 20.1 Å². The molecule has 0 aliphatic carbocycles. The summed E-state index contributed by atoms with van der Waals surface area (Å²) in [6, 6.07) is 29.4. The van der Waals surface area contributed by atoms with Crippen LogP contribution in [0.5, 0.6) is 0 Å². The number of benzene rings is 4. The van der Waals surface area contributed by atoms with Gasteiger partial charge in [0.1, 0.15) is 33.0 Å². The fourth-order valence-electron chi connectivity index (χ4n) is 12.7. The van der Waals surface area contributed by atoms with Crippen molar-refractivity contribution in [3.8, 4) is 0 Å². The number of carbonyl (C=O) groups is 6. The van der Waals surface area contributed by atoms with E-state index in [4.69, 9.17) is 56.4 Å². The first kappa shape index (κ1) is 70.8. The van der Waals surface area contributed by atoms with Gasteiger partial charge in [-0.05, 0) is 167 Å². The second kappa shape index (κ2) is 29.5. The van der Waals surface area contributed by atoms with Crippen molar-refractivity contribution in [3.63, 3.8) is 0 Å². The summed E-state index contributed by atoms with van der Waals surface area (Å²) >= 11 is 27.7. The van der Waals surface area contributed by atoms with Crippen LogP contribution in [0, 0.1) is 11.8 Å². The van der Waals surface area contributed by atoms with Crippen LogP contribution < -0.4 is 5.32 Å². The minimum atomic E-state index is -0.956. The number of amides is 5. The summed E-state index contributed by atoms with van der Waals surface area (Å²) in [6.45, 7) is 21.7. The third kappa shape index (κ3) is 15.0. The van der Waals surface area contributed by atoms with Crippen molar-refractivity contribution in [2.45, 2.75) is 142 Å². The van der Waals surface area contributed by atoms with Crippen LogP contribution in [0.4, 0.5) is 0 Å². The van der Waals surface area contributed by atoms with Crippen LogP contribution >= 0.6 is 69.9 Å². The highest BCUT2D eigenvalue weighted by Gasteiger charge is 2.56. The molecule has 17 nitrogen and oxygen atoms in total. The first-order valence-electron chi connectivity index (χ1n) is 30.8. The van der Waals surface area contributed by atoms with Crippen molar-refractivity contribution >= 4 is 116 Å². The molecule has 0 radical (unpaired) electrons. The third-order valence-electron chi connectivity index (χ3n) is 18.0. The number of nitrogens with zero attached hydrogens (tertiary/aromatic N) is 9. The fraction of sp³-hybridized carbons (Fsp3) is 0.471. The molecule has 0 saturated carbocycles. The topological polar surface area (TPSA) is 182 Å². The van der Waals surface area contributed by atoms with Crippen molar-refractivity contribution in [1.29, 1.82) is 0 Å². The van der Waals surface area contributed by atoms with E-state index in [1.54, 1.807) is 47.7 Å². The Balaban J connectivity index is 0.000000207. The molecule has 23 heteroatoms. The maximum Gasteiger partial charge on any atom is 0.326 e. The lowest BCUT2D eigenvalue weighted by molar-refractivity contribution is -0.146. The normalized spacial score (nSPS) is 23.1. The molecule has 0 spiro atoms. The largest absolute Gasteiger partial charge is 0.480 e. The molecule has 2 N–H and O–H groups in total. The van der Waals surface area contributed by atoms with Gasteiger partial charge in [-0.15, -0.1) is 0 Å². The summed E-state index contributed by atoms with van der Waals surface area (Å²) < 4.78 is 0. The lowest BCUT2D eigenvalue weighted by atomic mass is 9.81. The van der Waals surface area contributed by atoms with E-state index in [2.05, 4.69) is 56.7 Å². The van der Waals surface area contributed by atoms with Gasteiger partial charge >= 0.3 is 5.97 Å². The number of carboxylic acid groups (broad SMARTS) is 1. The molecule has 2 fully saturated rings. The van der Waals surface area contributed by atoms with Crippen LogP contribution in [0.1, 0.15) is 129 Å². The average Bonchev–Trinajstić information content (AvgIpc) is 1.57. The van der Waals surface area contributed by atoms with Crippen LogP contribution in [0.3, 0.4) is 0 Å². The van der Waals surface area contributed by atoms with Gasteiger partial charge in [0.25, 0.3) is 11.8 Å². The summed E-state index contributed by atoms with van der Waals surface area (Å²) in [6.07, 6.45) is 2.51. The Morgan fingerprint density at radius 2 is 0.934 bits per heavy atom. The van der Waals surface area contributed by atoms with Crippen molar-refractivity contribution < 1.29 is 33.9 Å². The van der Waals surface area contributed by atoms with E-state index >= 15 is 0 Å². The van der Waals surface area contributed by atoms with E-state index < -0.39 is 29.1 Å². The zero-order valence-corrected chi connectivity index (χ0v) is 58.9. The van der Waals surface area contributed by atoms with Crippen LogP contribution in [0.25, 0.3) is 0 Å². The van der Waals surface area contributed by atoms with Crippen LogP contribution in [-0.2, 0) is 39.8 Å². The van der Waals surface area contributed by atoms with Crippen molar-refractivity contribution in [1.82, 2.24) is 39.6 Å². The molecular weight excluding hydrogens is 1270 g/mol. The second-order valence-corrected chi connectivity index (χ2v) is 28.8. The molecule has 10 rings (SSSR count). The summed E-state index contributed by atoms with van der Waals surface area (Å²) in [5, 5.41) is 16.8. The number of hydrogen-bond donors (Lipinski definition) is 2. The van der Waals surface area contributed by atoms with Crippen molar-refractivity contribution in [2.24, 2.45) is 21.8 Å². The smallest absolute Gasteiger partial charge is 0.326 e. The van der Waals surface area contributed by atoms with Gasteiger partial charge in [0.2, 0.25) is 17.7 Å². The lowest BCUT2D eigenvalue weighted by Crippen LogP contribution is -2.51. The quantitative estimate of drug-likeness (QED) is 0.108. The Morgan fingerprint density at radius 1 is 0.582 bits per heavy atom. The second-order valence-electron chi connectivity index (χ2n) is 25.1. The molecule has 2 saturated heterocycles. The fourth-order valence-corrected chi connectivity index (χ4v) is 15.9. The maximum absolute atomic E-state index is 14.4. The van der Waals surface area contributed by atoms with Gasteiger partial charge in [0, 0.05) is 105 Å². The van der Waals surface area contributed by atoms with Crippen LogP contribution in [-0.4, -0.2) is 164 Å². The molecule has 0 aromatic heterocycles. The molecule has 488 valence electrons. The first-order chi connectivity index (χ1) is 42.9. The molecule has 5 amide bonds. The van der Waals surface area contributed by atoms with Gasteiger partial charge < -0.3 is 44.7 Å². The zero-order valence-electron chi connectivity index (χ0n) is 54.3. The molecule has 4 aromatic carbocycles. The van der Waals surface area contributed by atoms with Gasteiger partial charge in [-0.25, -0.2) is 14.8 Å². The number of likely N-dealkylation sites (N-methyl/N-ethyl adjacent to an activating group) is 4. The molecule has 0 bridgehead atoms. The highest BCUT2D eigenvalue weighted by molar-refractivity contribution is 8.18. The first-order valence-corrected chi connectivity index (χ1v) is 34.0. The van der Waals surface area contributed by atoms with E-state index in [-0.39, 0.29) is 59.5 Å². The zero-order chi connectivity index (χ0) is 66.7. The Morgan fingerprint density at radius 3 is 1.29 bits per heavy atom. The van der Waals surface area contributed by atoms with E-state index in [9.17, 15) is 33.9 Å². The van der Waals surface area contributed by atoms with Crippen molar-refractivity contribution in [2.75, 3.05) is 54.4 Å². The van der Waals surface area contributed by atoms with Gasteiger partial charge in [-0.1, -0.05) is 123 Å². The number of allylic oxidation sites excluding steroid dienone is 2. The number of aliphatic carboxylic acids is 1. The summed E-state index contributed by atoms with van der Waals surface area (Å²) in [5.41, 5.74) is 4.55. The minimum absolute atomic E-state index is 0.00749. The summed E-state index contributed by atoms with van der Waals surface area (Å²) in [4.78, 5) is 101. The predicted octanol–water partition coefficient (Wildman–Crippen LogP) is 12.9. The number of likely N-dealkylation sites (tertiary alicyclic amines) is 2. The molecule has 6 aliphatic heterocycles. The number of aliphatic imine (C=N–C) groups is 2. The highest BCUT2D eigenvalue weighted by atomic mass is 35.5. The monoisotopic (exact) mass is 1360 g/mol. The Bertz CT molecular complexity index is 3520. The standard InChI is InChI=1S/C34H41Cl2N5O3S.C27H27Cl2N3O3S.C7H16N2O/c1-20(2)28-29(32(44)40-18-8-9-27(40)31(43)39(7)21(3)19-38(6)22(4)42)45-33-37-34(5,24-12-16-26(36)17-13-24)30(41(28)33)23-10-14-25(35)15-11-23;1-15(2)21-22(24(33)31-14-4-5-20(31)25(34)35)36-26-30-27(3,17-8-12-19(29)13-9-17)23(32(21)26)16-6-10-18(28)11-7-16;1-6(8-3)5-9(4)7(2)10/h10-17,20-21,27,30H,8-9,18-19H2,1-7H3;6-13,15,20,23H,4-5,14H2,1-3H3,(H,34,35);6,8H,5H2,1-4H3/t21-,27-,30+,34-;20-,23+,27-;6-/m000/s1. The number of rotatable bonds is 16. The Hall–Kier alpha value is -6.06. The number of fused-ring (bicyclic) bond motifs is 2. The van der Waals surface area contributed by atoms with Crippen molar-refractivity contribution in [3.05, 3.63) is 161 Å². The molecular formula is C68H84Cl4N10O7S2. The number of carbonyl (C=O) groups excluding carboxylic acids is 5. The van der Waals surface area contributed by atoms with Gasteiger partial charge in [-0.3, -0.25) is 24.0 Å². The van der Waals surface area contributed by atoms with E-state index in [0.717, 1.165) is 56.9 Å². The molecule has 6 aliphatic rings. The third-order valence-corrected chi connectivity index (χ3v) is 21.1. The van der Waals surface area contributed by atoms with E-state index in [1.807, 2.05) is 118 Å². The lowest BCUT2D eigenvalue weighted by Gasteiger charge is -2.37. The molecule has 6 heterocycles. The summed E-state index contributed by atoms with van der Waals surface area (Å²) in [5.74, 6) is -1.35. The number of thioether (sulfide) groups is 2. The average molecular weight is 1360 g/mol. The maximum atomic E-state index is 14.4. The van der Waals surface area contributed by atoms with Gasteiger partial charge in [0.05, 0.1) is 12.1 Å². The molecule has 4 aromatic rings. The number of nitrogens with one attached hydrogen (secondary N) is 1. The minimum Gasteiger partial charge on any atom is -0.480 e. The SMILES string of the molecule is CC(=O)N(C)C[C@H](C)N(C)C(=O)[C@@H]1CCCN1C(=O)C1=C(C(C)C)N2C(=N[C@@](C)(c3ccc(Cl)cc3)[C@H]2c2ccc(Cl)cc2)S1.CC(C)C1=C(C(=O)N2CCC[C@H]2C(=O)O)SC2=N[C@@](C)(c3ccc(Cl)cc3)[C@@H](c3ccc(Cl)cc3)N21.CN[C@@H](C)CN(C)C(C)=O. The highest BCUT2D eigenvalue weighted by Crippen LogP contribution is 2.58. The Labute approximate surface area is 564 Å². The Kier molecular flexibility index (Phi) is 22.9. The summed E-state index contributed by atoms with van der Waals surface area (Å²) in [7, 11) is 7.17. The van der Waals surface area contributed by atoms with Gasteiger partial charge in [-0.2, -0.15) is 0 Å². The molecule has 0 unspecified atom stereocenters. The number of amidine groups is 2.